The summed E-state index contributed by atoms with van der Waals surface area (Å²) in [6, 6.07) is 5.65. The maximum Gasteiger partial charge on any atom is 0.435 e. The average molecular weight is 296 g/mol. The van der Waals surface area contributed by atoms with Crippen LogP contribution < -0.4 is 0 Å². The number of carbonyl (C=O) groups is 1. The van der Waals surface area contributed by atoms with Crippen molar-refractivity contribution in [3.8, 4) is 11.4 Å². The molecule has 1 aliphatic carbocycles. The molecular formula is C14H11F3N2O2. The zero-order valence-electron chi connectivity index (χ0n) is 10.8. The molecule has 1 heterocycles. The highest BCUT2D eigenvalue weighted by molar-refractivity contribution is 5.97. The molecule has 1 aromatic carbocycles. The first kappa shape index (κ1) is 13.7. The van der Waals surface area contributed by atoms with Gasteiger partial charge in [0, 0.05) is 18.1 Å². The van der Waals surface area contributed by atoms with Gasteiger partial charge in [-0.05, 0) is 25.0 Å². The van der Waals surface area contributed by atoms with Gasteiger partial charge in [0.1, 0.15) is 11.4 Å². The molecular weight excluding hydrogens is 285 g/mol. The van der Waals surface area contributed by atoms with Gasteiger partial charge in [-0.25, -0.2) is 4.68 Å². The van der Waals surface area contributed by atoms with Crippen LogP contribution in [0.2, 0.25) is 0 Å². The first-order valence-electron chi connectivity index (χ1n) is 6.39. The lowest BCUT2D eigenvalue weighted by molar-refractivity contribution is -0.142. The second kappa shape index (κ2) is 4.61. The van der Waals surface area contributed by atoms with Crippen LogP contribution in [0.15, 0.2) is 24.3 Å². The fourth-order valence-electron chi connectivity index (χ4n) is 2.56. The number of alkyl halides is 3. The van der Waals surface area contributed by atoms with Gasteiger partial charge in [0.15, 0.2) is 11.5 Å². The maximum absolute atomic E-state index is 13.1. The second-order valence-corrected chi connectivity index (χ2v) is 4.88. The molecule has 0 unspecified atom stereocenters. The van der Waals surface area contributed by atoms with E-state index < -0.39 is 11.9 Å². The summed E-state index contributed by atoms with van der Waals surface area (Å²) in [5, 5.41) is 13.0. The molecule has 3 rings (SSSR count). The number of rotatable bonds is 1. The molecule has 0 aliphatic heterocycles. The zero-order valence-corrected chi connectivity index (χ0v) is 10.8. The summed E-state index contributed by atoms with van der Waals surface area (Å²) in [6.45, 7) is 0. The Hall–Kier alpha value is -2.31. The van der Waals surface area contributed by atoms with Crippen molar-refractivity contribution in [2.45, 2.75) is 25.4 Å². The van der Waals surface area contributed by atoms with Gasteiger partial charge in [-0.15, -0.1) is 0 Å². The summed E-state index contributed by atoms with van der Waals surface area (Å²) >= 11 is 0. The lowest BCUT2D eigenvalue weighted by Gasteiger charge is -2.13. The molecule has 0 saturated carbocycles. The SMILES string of the molecule is O=C1CCCc2c(C(F)(F)F)nn(-c3cccc(O)c3)c21. The van der Waals surface area contributed by atoms with Gasteiger partial charge < -0.3 is 5.11 Å². The molecule has 0 bridgehead atoms. The number of carbonyl (C=O) groups excluding carboxylic acids is 1. The van der Waals surface area contributed by atoms with E-state index in [0.29, 0.717) is 6.42 Å². The number of aromatic nitrogens is 2. The minimum atomic E-state index is -4.61. The Kier molecular flexibility index (Phi) is 3.00. The van der Waals surface area contributed by atoms with Crippen LogP contribution in [0.4, 0.5) is 13.2 Å². The Labute approximate surface area is 117 Å². The van der Waals surface area contributed by atoms with Gasteiger partial charge in [0.25, 0.3) is 0 Å². The van der Waals surface area contributed by atoms with Gasteiger partial charge in [-0.3, -0.25) is 4.79 Å². The fourth-order valence-corrected chi connectivity index (χ4v) is 2.56. The number of hydrogen-bond donors (Lipinski definition) is 1. The molecule has 1 N–H and O–H groups in total. The topological polar surface area (TPSA) is 55.1 Å². The fraction of sp³-hybridized carbons (Fsp3) is 0.286. The van der Waals surface area contributed by atoms with Crippen LogP contribution in [0.3, 0.4) is 0 Å². The lowest BCUT2D eigenvalue weighted by atomic mass is 9.94. The van der Waals surface area contributed by atoms with Crippen molar-refractivity contribution < 1.29 is 23.1 Å². The van der Waals surface area contributed by atoms with Crippen LogP contribution in [0.25, 0.3) is 5.69 Å². The molecule has 2 aromatic rings. The third-order valence-corrected chi connectivity index (χ3v) is 3.42. The van der Waals surface area contributed by atoms with Crippen molar-refractivity contribution in [2.24, 2.45) is 0 Å². The van der Waals surface area contributed by atoms with E-state index in [0.717, 1.165) is 4.68 Å². The van der Waals surface area contributed by atoms with Crippen molar-refractivity contribution in [1.29, 1.82) is 0 Å². The Morgan fingerprint density at radius 2 is 2.00 bits per heavy atom. The Morgan fingerprint density at radius 3 is 2.67 bits per heavy atom. The van der Waals surface area contributed by atoms with Gasteiger partial charge in [-0.2, -0.15) is 18.3 Å². The summed E-state index contributed by atoms with van der Waals surface area (Å²) < 4.78 is 40.2. The molecule has 0 fully saturated rings. The van der Waals surface area contributed by atoms with Crippen LogP contribution in [0.5, 0.6) is 5.75 Å². The summed E-state index contributed by atoms with van der Waals surface area (Å²) in [4.78, 5) is 12.0. The quantitative estimate of drug-likeness (QED) is 0.879. The van der Waals surface area contributed by atoms with Crippen molar-refractivity contribution in [1.82, 2.24) is 9.78 Å². The van der Waals surface area contributed by atoms with E-state index in [-0.39, 0.29) is 41.3 Å². The Bertz CT molecular complexity index is 719. The second-order valence-electron chi connectivity index (χ2n) is 4.88. The van der Waals surface area contributed by atoms with Gasteiger partial charge in [-0.1, -0.05) is 6.07 Å². The van der Waals surface area contributed by atoms with Crippen molar-refractivity contribution in [3.63, 3.8) is 0 Å². The molecule has 0 atom stereocenters. The van der Waals surface area contributed by atoms with E-state index in [1.807, 2.05) is 0 Å². The number of Topliss-reactive ketones (excluding diaryl/α,β-unsaturated/α-hetero) is 1. The number of aromatic hydroxyl groups is 1. The number of hydrogen-bond acceptors (Lipinski definition) is 3. The van der Waals surface area contributed by atoms with E-state index in [1.54, 1.807) is 0 Å². The molecule has 7 heteroatoms. The number of fused-ring (bicyclic) bond motifs is 1. The number of halogens is 3. The van der Waals surface area contributed by atoms with Crippen molar-refractivity contribution in [3.05, 3.63) is 41.2 Å². The molecule has 0 radical (unpaired) electrons. The number of phenols is 1. The van der Waals surface area contributed by atoms with Crippen LogP contribution in [-0.4, -0.2) is 20.7 Å². The van der Waals surface area contributed by atoms with Crippen molar-refractivity contribution >= 4 is 5.78 Å². The number of benzene rings is 1. The summed E-state index contributed by atoms with van der Waals surface area (Å²) in [5.74, 6) is -0.462. The molecule has 1 aliphatic rings. The first-order valence-corrected chi connectivity index (χ1v) is 6.39. The van der Waals surface area contributed by atoms with Crippen LogP contribution in [0.1, 0.15) is 34.6 Å². The third-order valence-electron chi connectivity index (χ3n) is 3.42. The van der Waals surface area contributed by atoms with Crippen molar-refractivity contribution in [2.75, 3.05) is 0 Å². The largest absolute Gasteiger partial charge is 0.508 e. The third kappa shape index (κ3) is 2.28. The minimum absolute atomic E-state index is 0.0285. The summed E-state index contributed by atoms with van der Waals surface area (Å²) in [7, 11) is 0. The lowest BCUT2D eigenvalue weighted by Crippen LogP contribution is -2.16. The van der Waals surface area contributed by atoms with Gasteiger partial charge >= 0.3 is 6.18 Å². The smallest absolute Gasteiger partial charge is 0.435 e. The van der Waals surface area contributed by atoms with Crippen LogP contribution in [-0.2, 0) is 12.6 Å². The standard InChI is InChI=1S/C14H11F3N2O2/c15-14(16,17)13-10-5-2-6-11(21)12(10)19(18-13)8-3-1-4-9(20)7-8/h1,3-4,7,20H,2,5-6H2. The summed E-state index contributed by atoms with van der Waals surface area (Å²) in [5.41, 5.74) is -0.868. The monoisotopic (exact) mass is 296 g/mol. The molecule has 110 valence electrons. The van der Waals surface area contributed by atoms with Gasteiger partial charge in [0.05, 0.1) is 5.69 Å². The molecule has 0 saturated heterocycles. The number of ketones is 1. The van der Waals surface area contributed by atoms with E-state index in [4.69, 9.17) is 0 Å². The number of phenolic OH excluding ortho intramolecular Hbond substituents is 1. The minimum Gasteiger partial charge on any atom is -0.508 e. The molecule has 1 aromatic heterocycles. The number of nitrogens with zero attached hydrogens (tertiary/aromatic N) is 2. The van der Waals surface area contributed by atoms with Crippen LogP contribution in [0, 0.1) is 0 Å². The van der Waals surface area contributed by atoms with E-state index in [9.17, 15) is 23.1 Å². The predicted molar refractivity (Wildman–Crippen MR) is 67.5 cm³/mol. The highest BCUT2D eigenvalue weighted by Crippen LogP contribution is 2.37. The zero-order chi connectivity index (χ0) is 15.2. The Morgan fingerprint density at radius 1 is 1.24 bits per heavy atom. The van der Waals surface area contributed by atoms with E-state index >= 15 is 0 Å². The normalized spacial score (nSPS) is 15.1. The summed E-state index contributed by atoms with van der Waals surface area (Å²) in [6.07, 6.45) is -3.84. The van der Waals surface area contributed by atoms with Crippen LogP contribution >= 0.6 is 0 Å². The molecule has 0 spiro atoms. The molecule has 21 heavy (non-hydrogen) atoms. The predicted octanol–water partition coefficient (Wildman–Crippen LogP) is 3.12. The molecule has 4 nitrogen and oxygen atoms in total. The Balaban J connectivity index is 2.26. The van der Waals surface area contributed by atoms with E-state index in [2.05, 4.69) is 5.10 Å². The average Bonchev–Trinajstić information content (AvgIpc) is 2.79. The highest BCUT2D eigenvalue weighted by Gasteiger charge is 2.41. The first-order chi connectivity index (χ1) is 9.88. The van der Waals surface area contributed by atoms with E-state index in [1.165, 1.54) is 24.3 Å². The van der Waals surface area contributed by atoms with Gasteiger partial charge in [0.2, 0.25) is 0 Å². The highest BCUT2D eigenvalue weighted by atomic mass is 19.4. The maximum atomic E-state index is 13.1. The molecule has 0 amide bonds.